The number of ether oxygens (including phenoxy) is 1. The predicted octanol–water partition coefficient (Wildman–Crippen LogP) is 5.48. The van der Waals surface area contributed by atoms with Crippen LogP contribution in [0.15, 0.2) is 89.7 Å². The van der Waals surface area contributed by atoms with E-state index in [1.165, 1.54) is 0 Å². The minimum atomic E-state index is -0.175. The number of para-hydroxylation sites is 1. The lowest BCUT2D eigenvalue weighted by Crippen LogP contribution is -2.46. The van der Waals surface area contributed by atoms with Crippen LogP contribution >= 0.6 is 0 Å². The number of nitrogens with zero attached hydrogens (tertiary/aromatic N) is 2. The molecule has 1 fully saturated rings. The van der Waals surface area contributed by atoms with Gasteiger partial charge >= 0.3 is 0 Å². The maximum Gasteiger partial charge on any atom is 0.263 e. The van der Waals surface area contributed by atoms with E-state index in [1.54, 1.807) is 4.57 Å². The van der Waals surface area contributed by atoms with Crippen LogP contribution in [0.4, 0.5) is 0 Å². The number of benzene rings is 3. The summed E-state index contributed by atoms with van der Waals surface area (Å²) in [5, 5.41) is 4.49. The highest BCUT2D eigenvalue weighted by atomic mass is 16.5. The highest BCUT2D eigenvalue weighted by Gasteiger charge is 2.28. The van der Waals surface area contributed by atoms with E-state index in [0.29, 0.717) is 28.6 Å². The number of aromatic nitrogens is 1. The Morgan fingerprint density at radius 3 is 2.11 bits per heavy atom. The molecule has 3 atom stereocenters. The Balaban J connectivity index is 1.70. The van der Waals surface area contributed by atoms with Gasteiger partial charge in [0.05, 0.1) is 29.5 Å². The van der Waals surface area contributed by atoms with Crippen molar-refractivity contribution in [2.75, 3.05) is 13.1 Å². The van der Waals surface area contributed by atoms with Crippen LogP contribution in [0.1, 0.15) is 54.8 Å². The van der Waals surface area contributed by atoms with Gasteiger partial charge in [0.25, 0.3) is 11.5 Å². The maximum absolute atomic E-state index is 14.2. The second-order valence-electron chi connectivity index (χ2n) is 10.1. The van der Waals surface area contributed by atoms with Crippen molar-refractivity contribution in [3.8, 4) is 5.69 Å². The van der Waals surface area contributed by atoms with Crippen molar-refractivity contribution in [3.63, 3.8) is 0 Å². The van der Waals surface area contributed by atoms with Crippen LogP contribution in [0.25, 0.3) is 16.5 Å². The standard InChI is InChI=1S/C32H35N3O3/c1-4-28(24-13-7-5-8-14-24)33-31(36)30-26-17-11-12-18-27(26)32(37)35(25-15-9-6-10-16-25)29(30)21-34-19-22(2)38-23(3)20-34/h5-18,22-23,28H,4,19-21H2,1-3H3,(H,33,36). The Hall–Kier alpha value is -3.74. The lowest BCUT2D eigenvalue weighted by Gasteiger charge is -2.36. The highest BCUT2D eigenvalue weighted by Crippen LogP contribution is 2.27. The average molecular weight is 510 g/mol. The molecule has 196 valence electrons. The molecule has 3 unspecified atom stereocenters. The molecule has 1 aromatic heterocycles. The quantitative estimate of drug-likeness (QED) is 0.358. The SMILES string of the molecule is CCC(NC(=O)c1c(CN2CC(C)OC(C)C2)n(-c2ccccc2)c(=O)c2ccccc12)c1ccccc1. The third-order valence-electron chi connectivity index (χ3n) is 7.21. The van der Waals surface area contributed by atoms with Crippen LogP contribution in [-0.4, -0.2) is 40.7 Å². The van der Waals surface area contributed by atoms with Gasteiger partial charge < -0.3 is 10.1 Å². The number of rotatable bonds is 7. The fourth-order valence-corrected chi connectivity index (χ4v) is 5.61. The van der Waals surface area contributed by atoms with Gasteiger partial charge in [-0.25, -0.2) is 0 Å². The summed E-state index contributed by atoms with van der Waals surface area (Å²) in [4.78, 5) is 30.5. The summed E-state index contributed by atoms with van der Waals surface area (Å²) in [6.07, 6.45) is 0.881. The van der Waals surface area contributed by atoms with Gasteiger partial charge in [0, 0.05) is 36.1 Å². The largest absolute Gasteiger partial charge is 0.373 e. The van der Waals surface area contributed by atoms with Crippen molar-refractivity contribution in [1.82, 2.24) is 14.8 Å². The van der Waals surface area contributed by atoms with Crippen LogP contribution < -0.4 is 10.9 Å². The Kier molecular flexibility index (Phi) is 7.72. The number of carbonyl (C=O) groups excluding carboxylic acids is 1. The van der Waals surface area contributed by atoms with Crippen molar-refractivity contribution in [2.45, 2.75) is 52.0 Å². The molecule has 1 aliphatic heterocycles. The van der Waals surface area contributed by atoms with E-state index < -0.39 is 0 Å². The minimum Gasteiger partial charge on any atom is -0.373 e. The van der Waals surface area contributed by atoms with E-state index in [9.17, 15) is 9.59 Å². The molecular weight excluding hydrogens is 474 g/mol. The molecule has 0 saturated carbocycles. The summed E-state index contributed by atoms with van der Waals surface area (Å²) in [5.74, 6) is -0.175. The van der Waals surface area contributed by atoms with Crippen LogP contribution in [0.2, 0.25) is 0 Å². The second kappa shape index (κ2) is 11.3. The van der Waals surface area contributed by atoms with E-state index >= 15 is 0 Å². The molecule has 0 spiro atoms. The van der Waals surface area contributed by atoms with Crippen LogP contribution in [0.5, 0.6) is 0 Å². The number of fused-ring (bicyclic) bond motifs is 1. The summed E-state index contributed by atoms with van der Waals surface area (Å²) in [7, 11) is 0. The van der Waals surface area contributed by atoms with E-state index in [-0.39, 0.29) is 29.7 Å². The second-order valence-corrected chi connectivity index (χ2v) is 10.1. The molecule has 3 aromatic carbocycles. The first kappa shape index (κ1) is 25.9. The highest BCUT2D eigenvalue weighted by molar-refractivity contribution is 6.08. The Bertz CT molecular complexity index is 1460. The molecule has 4 aromatic rings. The summed E-state index contributed by atoms with van der Waals surface area (Å²) in [5.41, 5.74) is 2.92. The lowest BCUT2D eigenvalue weighted by molar-refractivity contribution is -0.0709. The fraction of sp³-hybridized carbons (Fsp3) is 0.312. The van der Waals surface area contributed by atoms with Crippen LogP contribution in [-0.2, 0) is 11.3 Å². The van der Waals surface area contributed by atoms with Crippen LogP contribution in [0, 0.1) is 0 Å². The zero-order chi connectivity index (χ0) is 26.6. The van der Waals surface area contributed by atoms with Gasteiger partial charge in [-0.3, -0.25) is 19.1 Å². The summed E-state index contributed by atoms with van der Waals surface area (Å²) >= 11 is 0. The summed E-state index contributed by atoms with van der Waals surface area (Å²) in [6.45, 7) is 8.10. The van der Waals surface area contributed by atoms with E-state index in [1.807, 2.05) is 84.9 Å². The predicted molar refractivity (Wildman–Crippen MR) is 152 cm³/mol. The van der Waals surface area contributed by atoms with Gasteiger partial charge in [0.2, 0.25) is 0 Å². The number of amides is 1. The molecule has 1 aliphatic rings. The summed E-state index contributed by atoms with van der Waals surface area (Å²) < 4.78 is 7.69. The van der Waals surface area contributed by atoms with Crippen molar-refractivity contribution in [3.05, 3.63) is 112 Å². The number of nitrogens with one attached hydrogen (secondary N) is 1. The van der Waals surface area contributed by atoms with Gasteiger partial charge in [-0.1, -0.05) is 73.7 Å². The zero-order valence-electron chi connectivity index (χ0n) is 22.3. The molecule has 6 nitrogen and oxygen atoms in total. The van der Waals surface area contributed by atoms with Crippen molar-refractivity contribution >= 4 is 16.7 Å². The van der Waals surface area contributed by atoms with Gasteiger partial charge in [0.1, 0.15) is 0 Å². The Morgan fingerprint density at radius 1 is 0.895 bits per heavy atom. The Labute approximate surface area is 223 Å². The van der Waals surface area contributed by atoms with Gasteiger partial charge in [-0.2, -0.15) is 0 Å². The number of hydrogen-bond acceptors (Lipinski definition) is 4. The molecule has 0 radical (unpaired) electrons. The minimum absolute atomic E-state index is 0.0657. The molecule has 1 N–H and O–H groups in total. The Morgan fingerprint density at radius 2 is 1.47 bits per heavy atom. The molecule has 0 bridgehead atoms. The monoisotopic (exact) mass is 509 g/mol. The number of morpholine rings is 1. The van der Waals surface area contributed by atoms with E-state index in [4.69, 9.17) is 4.74 Å². The van der Waals surface area contributed by atoms with Gasteiger partial charge in [0.15, 0.2) is 0 Å². The maximum atomic E-state index is 14.2. The van der Waals surface area contributed by atoms with Crippen molar-refractivity contribution < 1.29 is 9.53 Å². The van der Waals surface area contributed by atoms with Gasteiger partial charge in [-0.15, -0.1) is 0 Å². The zero-order valence-corrected chi connectivity index (χ0v) is 22.3. The first-order valence-corrected chi connectivity index (χ1v) is 13.4. The number of hydrogen-bond donors (Lipinski definition) is 1. The topological polar surface area (TPSA) is 63.6 Å². The first-order valence-electron chi connectivity index (χ1n) is 13.4. The average Bonchev–Trinajstić information content (AvgIpc) is 2.92. The molecule has 1 saturated heterocycles. The molecule has 0 aliphatic carbocycles. The molecule has 2 heterocycles. The molecule has 1 amide bonds. The van der Waals surface area contributed by atoms with E-state index in [0.717, 1.165) is 30.8 Å². The number of carbonyl (C=O) groups is 1. The first-order chi connectivity index (χ1) is 18.5. The van der Waals surface area contributed by atoms with E-state index in [2.05, 4.69) is 31.0 Å². The molecule has 6 heteroatoms. The smallest absolute Gasteiger partial charge is 0.263 e. The normalized spacial score (nSPS) is 18.8. The van der Waals surface area contributed by atoms with Gasteiger partial charge in [-0.05, 0) is 44.0 Å². The fourth-order valence-electron chi connectivity index (χ4n) is 5.61. The molecular formula is C32H35N3O3. The molecule has 38 heavy (non-hydrogen) atoms. The third-order valence-corrected chi connectivity index (χ3v) is 7.21. The summed E-state index contributed by atoms with van der Waals surface area (Å²) in [6, 6.07) is 26.9. The van der Waals surface area contributed by atoms with Crippen LogP contribution in [0.3, 0.4) is 0 Å². The number of pyridine rings is 1. The molecule has 5 rings (SSSR count). The van der Waals surface area contributed by atoms with Crippen molar-refractivity contribution in [2.24, 2.45) is 0 Å². The van der Waals surface area contributed by atoms with Crippen molar-refractivity contribution in [1.29, 1.82) is 0 Å². The lowest BCUT2D eigenvalue weighted by atomic mass is 9.99. The third kappa shape index (κ3) is 5.28.